The van der Waals surface area contributed by atoms with Gasteiger partial charge in [0.15, 0.2) is 0 Å². The fraction of sp³-hybridized carbons (Fsp3) is 0.455. The Bertz CT molecular complexity index is 317. The molecule has 0 atom stereocenters. The second-order valence-electron chi connectivity index (χ2n) is 3.59. The lowest BCUT2D eigenvalue weighted by Crippen LogP contribution is -2.26. The van der Waals surface area contributed by atoms with E-state index in [9.17, 15) is 4.39 Å². The van der Waals surface area contributed by atoms with Crippen LogP contribution in [0.25, 0.3) is 0 Å². The molecule has 1 N–H and O–H groups in total. The molecule has 0 saturated carbocycles. The number of nitrogens with one attached hydrogen (secondary N) is 1. The number of hydrogen-bond donors (Lipinski definition) is 1. The molecule has 0 saturated heterocycles. The topological polar surface area (TPSA) is 15.3 Å². The van der Waals surface area contributed by atoms with Crippen molar-refractivity contribution < 1.29 is 4.39 Å². The highest BCUT2D eigenvalue weighted by molar-refractivity contribution is 9.10. The van der Waals surface area contributed by atoms with Gasteiger partial charge in [-0.1, -0.05) is 6.07 Å². The molecule has 0 fully saturated rings. The number of likely N-dealkylation sites (N-methyl/N-ethyl adjacent to an activating group) is 2. The molecule has 0 aliphatic carbocycles. The molecule has 1 aromatic carbocycles. The molecule has 0 spiro atoms. The Morgan fingerprint density at radius 1 is 1.47 bits per heavy atom. The van der Waals surface area contributed by atoms with Gasteiger partial charge in [-0.3, -0.25) is 0 Å². The van der Waals surface area contributed by atoms with Crippen molar-refractivity contribution in [2.45, 2.75) is 6.54 Å². The molecule has 0 amide bonds. The van der Waals surface area contributed by atoms with Crippen LogP contribution < -0.4 is 5.32 Å². The van der Waals surface area contributed by atoms with Crippen LogP contribution in [-0.4, -0.2) is 32.1 Å². The Kier molecular flexibility index (Phi) is 5.22. The lowest BCUT2D eigenvalue weighted by molar-refractivity contribution is 0.327. The summed E-state index contributed by atoms with van der Waals surface area (Å²) in [4.78, 5) is 2.15. The summed E-state index contributed by atoms with van der Waals surface area (Å²) in [6, 6.07) is 5.25. The highest BCUT2D eigenvalue weighted by Gasteiger charge is 2.03. The molecule has 0 radical (unpaired) electrons. The van der Waals surface area contributed by atoms with Crippen molar-refractivity contribution in [1.82, 2.24) is 10.2 Å². The highest BCUT2D eigenvalue weighted by atomic mass is 79.9. The standard InChI is InChI=1S/C11H16BrFN2/c1-14-5-6-15(2)8-9-3-4-10(12)11(13)7-9/h3-4,7,14H,5-6,8H2,1-2H3. The van der Waals surface area contributed by atoms with Crippen molar-refractivity contribution in [3.8, 4) is 0 Å². The average Bonchev–Trinajstić information content (AvgIpc) is 2.20. The Hall–Kier alpha value is -0.450. The minimum absolute atomic E-state index is 0.200. The van der Waals surface area contributed by atoms with Crippen LogP contribution in [0.1, 0.15) is 5.56 Å². The van der Waals surface area contributed by atoms with Gasteiger partial charge in [-0.2, -0.15) is 0 Å². The van der Waals surface area contributed by atoms with Gasteiger partial charge >= 0.3 is 0 Å². The summed E-state index contributed by atoms with van der Waals surface area (Å²) >= 11 is 3.14. The molecular formula is C11H16BrFN2. The van der Waals surface area contributed by atoms with E-state index in [1.54, 1.807) is 12.1 Å². The van der Waals surface area contributed by atoms with Crippen molar-refractivity contribution in [2.75, 3.05) is 27.2 Å². The van der Waals surface area contributed by atoms with Crippen LogP contribution in [0.15, 0.2) is 22.7 Å². The van der Waals surface area contributed by atoms with Gasteiger partial charge in [0.2, 0.25) is 0 Å². The summed E-state index contributed by atoms with van der Waals surface area (Å²) in [5, 5.41) is 3.08. The summed E-state index contributed by atoms with van der Waals surface area (Å²) in [5.74, 6) is -0.200. The van der Waals surface area contributed by atoms with Gasteiger partial charge in [0.1, 0.15) is 5.82 Å². The van der Waals surface area contributed by atoms with Crippen LogP contribution in [0.3, 0.4) is 0 Å². The summed E-state index contributed by atoms with van der Waals surface area (Å²) in [5.41, 5.74) is 0.995. The Morgan fingerprint density at radius 2 is 2.20 bits per heavy atom. The van der Waals surface area contributed by atoms with E-state index in [2.05, 4.69) is 26.1 Å². The van der Waals surface area contributed by atoms with Gasteiger partial charge in [0.25, 0.3) is 0 Å². The van der Waals surface area contributed by atoms with Gasteiger partial charge in [-0.05, 0) is 47.7 Å². The van der Waals surface area contributed by atoms with Gasteiger partial charge in [0, 0.05) is 19.6 Å². The van der Waals surface area contributed by atoms with Crippen molar-refractivity contribution in [1.29, 1.82) is 0 Å². The molecule has 2 nitrogen and oxygen atoms in total. The largest absolute Gasteiger partial charge is 0.318 e. The Balaban J connectivity index is 2.53. The zero-order chi connectivity index (χ0) is 11.3. The van der Waals surface area contributed by atoms with Gasteiger partial charge in [0.05, 0.1) is 4.47 Å². The number of nitrogens with zero attached hydrogens (tertiary/aromatic N) is 1. The van der Waals surface area contributed by atoms with Crippen LogP contribution in [0, 0.1) is 5.82 Å². The van der Waals surface area contributed by atoms with E-state index in [1.807, 2.05) is 20.2 Å². The number of benzene rings is 1. The maximum Gasteiger partial charge on any atom is 0.137 e. The molecule has 0 aromatic heterocycles. The van der Waals surface area contributed by atoms with Crippen molar-refractivity contribution in [3.05, 3.63) is 34.1 Å². The lowest BCUT2D eigenvalue weighted by atomic mass is 10.2. The minimum atomic E-state index is -0.200. The van der Waals surface area contributed by atoms with Gasteiger partial charge in [-0.25, -0.2) is 4.39 Å². The lowest BCUT2D eigenvalue weighted by Gasteiger charge is -2.16. The highest BCUT2D eigenvalue weighted by Crippen LogP contribution is 2.16. The molecule has 0 bridgehead atoms. The predicted molar refractivity (Wildman–Crippen MR) is 64.4 cm³/mol. The van der Waals surface area contributed by atoms with E-state index in [-0.39, 0.29) is 5.82 Å². The van der Waals surface area contributed by atoms with E-state index >= 15 is 0 Å². The third-order valence-corrected chi connectivity index (χ3v) is 2.82. The maximum absolute atomic E-state index is 13.2. The zero-order valence-electron chi connectivity index (χ0n) is 9.06. The normalized spacial score (nSPS) is 11.0. The van der Waals surface area contributed by atoms with E-state index in [0.717, 1.165) is 25.2 Å². The van der Waals surface area contributed by atoms with Gasteiger partial charge < -0.3 is 10.2 Å². The second kappa shape index (κ2) is 6.20. The summed E-state index contributed by atoms with van der Waals surface area (Å²) < 4.78 is 13.7. The summed E-state index contributed by atoms with van der Waals surface area (Å²) in [6.07, 6.45) is 0. The van der Waals surface area contributed by atoms with Crippen LogP contribution in [0.5, 0.6) is 0 Å². The van der Waals surface area contributed by atoms with Crippen LogP contribution in [0.2, 0.25) is 0 Å². The van der Waals surface area contributed by atoms with E-state index in [0.29, 0.717) is 4.47 Å². The second-order valence-corrected chi connectivity index (χ2v) is 4.44. The molecule has 84 valence electrons. The van der Waals surface area contributed by atoms with Crippen molar-refractivity contribution >= 4 is 15.9 Å². The first kappa shape index (κ1) is 12.6. The monoisotopic (exact) mass is 274 g/mol. The first-order valence-corrected chi connectivity index (χ1v) is 5.70. The molecule has 0 unspecified atom stereocenters. The predicted octanol–water partition coefficient (Wildman–Crippen LogP) is 2.24. The fourth-order valence-electron chi connectivity index (χ4n) is 1.33. The van der Waals surface area contributed by atoms with E-state index < -0.39 is 0 Å². The van der Waals surface area contributed by atoms with E-state index in [4.69, 9.17) is 0 Å². The molecule has 1 aromatic rings. The maximum atomic E-state index is 13.2. The van der Waals surface area contributed by atoms with Crippen LogP contribution >= 0.6 is 15.9 Å². The number of rotatable bonds is 5. The fourth-order valence-corrected chi connectivity index (χ4v) is 1.58. The third-order valence-electron chi connectivity index (χ3n) is 2.18. The first-order chi connectivity index (χ1) is 7.13. The van der Waals surface area contributed by atoms with E-state index in [1.165, 1.54) is 0 Å². The summed E-state index contributed by atoms with van der Waals surface area (Å²) in [6.45, 7) is 2.66. The zero-order valence-corrected chi connectivity index (χ0v) is 10.6. The average molecular weight is 275 g/mol. The molecule has 1 rings (SSSR count). The Labute approximate surface area is 98.6 Å². The Morgan fingerprint density at radius 3 is 2.80 bits per heavy atom. The minimum Gasteiger partial charge on any atom is -0.318 e. The smallest absolute Gasteiger partial charge is 0.137 e. The molecule has 0 aliphatic heterocycles. The SMILES string of the molecule is CNCCN(C)Cc1ccc(Br)c(F)c1. The molecular weight excluding hydrogens is 259 g/mol. The molecule has 15 heavy (non-hydrogen) atoms. The molecule has 0 aliphatic rings. The molecule has 0 heterocycles. The molecule has 4 heteroatoms. The van der Waals surface area contributed by atoms with Crippen LogP contribution in [0.4, 0.5) is 4.39 Å². The third kappa shape index (κ3) is 4.28. The van der Waals surface area contributed by atoms with Crippen LogP contribution in [-0.2, 0) is 6.54 Å². The summed E-state index contributed by atoms with van der Waals surface area (Å²) in [7, 11) is 3.95. The number of hydrogen-bond acceptors (Lipinski definition) is 2. The number of halogens is 2. The van der Waals surface area contributed by atoms with Gasteiger partial charge in [-0.15, -0.1) is 0 Å². The quantitative estimate of drug-likeness (QED) is 0.886. The van der Waals surface area contributed by atoms with Crippen molar-refractivity contribution in [3.63, 3.8) is 0 Å². The van der Waals surface area contributed by atoms with Crippen molar-refractivity contribution in [2.24, 2.45) is 0 Å². The first-order valence-electron chi connectivity index (χ1n) is 4.90.